The topological polar surface area (TPSA) is 95.3 Å². The molecule has 1 atom stereocenters. The molecule has 1 aliphatic heterocycles. The zero-order valence-corrected chi connectivity index (χ0v) is 14.2. The maximum Gasteiger partial charge on any atom is 0.267 e. The fourth-order valence-corrected chi connectivity index (χ4v) is 2.88. The van der Waals surface area contributed by atoms with E-state index >= 15 is 0 Å². The molecule has 0 radical (unpaired) electrons. The minimum atomic E-state index is -0.686. The number of halogens is 1. The molecule has 0 aliphatic carbocycles. The molecule has 3 heterocycles. The molecule has 0 aromatic carbocycles. The van der Waals surface area contributed by atoms with Crippen molar-refractivity contribution in [3.63, 3.8) is 0 Å². The normalized spacial score (nSPS) is 17.7. The Balaban J connectivity index is 1.51. The van der Waals surface area contributed by atoms with E-state index in [9.17, 15) is 9.18 Å². The van der Waals surface area contributed by atoms with Crippen LogP contribution in [0.4, 0.5) is 10.2 Å². The van der Waals surface area contributed by atoms with Gasteiger partial charge in [-0.1, -0.05) is 0 Å². The second-order valence-corrected chi connectivity index (χ2v) is 6.11. The Morgan fingerprint density at radius 1 is 1.46 bits per heavy atom. The Labute approximate surface area is 150 Å². The number of hydrogen-bond donors (Lipinski definition) is 3. The number of nitrogens with zero attached hydrogens (tertiary/aromatic N) is 4. The summed E-state index contributed by atoms with van der Waals surface area (Å²) in [5.41, 5.74) is 1.90. The number of hydroxylamine groups is 1. The first-order chi connectivity index (χ1) is 12.6. The van der Waals surface area contributed by atoms with E-state index in [2.05, 4.69) is 20.3 Å². The summed E-state index contributed by atoms with van der Waals surface area (Å²) in [5, 5.41) is 15.8. The third kappa shape index (κ3) is 4.87. The number of nitrogens with one attached hydrogen (secondary N) is 2. The lowest BCUT2D eigenvalue weighted by Gasteiger charge is -2.17. The quantitative estimate of drug-likeness (QED) is 0.389. The van der Waals surface area contributed by atoms with E-state index in [1.807, 2.05) is 16.9 Å². The highest BCUT2D eigenvalue weighted by atomic mass is 19.1. The Hall–Kier alpha value is -2.78. The van der Waals surface area contributed by atoms with E-state index in [0.717, 1.165) is 38.7 Å². The van der Waals surface area contributed by atoms with Gasteiger partial charge in [0.1, 0.15) is 0 Å². The van der Waals surface area contributed by atoms with Crippen LogP contribution in [0.2, 0.25) is 0 Å². The fourth-order valence-electron chi connectivity index (χ4n) is 2.88. The van der Waals surface area contributed by atoms with Gasteiger partial charge in [0.05, 0.1) is 6.54 Å². The molecule has 26 heavy (non-hydrogen) atoms. The van der Waals surface area contributed by atoms with Gasteiger partial charge in [0.25, 0.3) is 5.91 Å². The van der Waals surface area contributed by atoms with Crippen molar-refractivity contribution in [2.24, 2.45) is 0 Å². The van der Waals surface area contributed by atoms with E-state index in [1.165, 1.54) is 23.8 Å². The summed E-state index contributed by atoms with van der Waals surface area (Å²) in [6.45, 7) is 3.49. The molecule has 1 amide bonds. The maximum atomic E-state index is 14.2. The lowest BCUT2D eigenvalue weighted by atomic mass is 10.2. The van der Waals surface area contributed by atoms with Crippen molar-refractivity contribution in [2.45, 2.75) is 19.0 Å². The average molecular weight is 360 g/mol. The predicted molar refractivity (Wildman–Crippen MR) is 93.9 cm³/mol. The second kappa shape index (κ2) is 8.54. The lowest BCUT2D eigenvalue weighted by Crippen LogP contribution is -2.29. The monoisotopic (exact) mass is 360 g/mol. The number of amides is 1. The molecule has 1 fully saturated rings. The summed E-state index contributed by atoms with van der Waals surface area (Å²) < 4.78 is 16.1. The van der Waals surface area contributed by atoms with Gasteiger partial charge in [0.2, 0.25) is 0 Å². The van der Waals surface area contributed by atoms with Crippen molar-refractivity contribution in [2.75, 3.05) is 25.0 Å². The molecule has 1 aliphatic rings. The lowest BCUT2D eigenvalue weighted by molar-refractivity contribution is -0.124. The van der Waals surface area contributed by atoms with Crippen molar-refractivity contribution in [3.05, 3.63) is 48.2 Å². The third-order valence-corrected chi connectivity index (χ3v) is 4.22. The van der Waals surface area contributed by atoms with Crippen LogP contribution >= 0.6 is 0 Å². The fraction of sp³-hybridized carbons (Fsp3) is 0.353. The van der Waals surface area contributed by atoms with Crippen LogP contribution in [0.3, 0.4) is 0 Å². The summed E-state index contributed by atoms with van der Waals surface area (Å²) in [4.78, 5) is 17.3. The Morgan fingerprint density at radius 3 is 3.08 bits per heavy atom. The van der Waals surface area contributed by atoms with E-state index in [-0.39, 0.29) is 11.9 Å². The number of carbonyl (C=O) groups is 1. The first-order valence-electron chi connectivity index (χ1n) is 8.38. The zero-order valence-electron chi connectivity index (χ0n) is 14.2. The van der Waals surface area contributed by atoms with Crippen molar-refractivity contribution in [3.8, 4) is 0 Å². The van der Waals surface area contributed by atoms with E-state index in [1.54, 1.807) is 6.20 Å². The highest BCUT2D eigenvalue weighted by Crippen LogP contribution is 2.18. The van der Waals surface area contributed by atoms with Gasteiger partial charge in [0.15, 0.2) is 11.6 Å². The molecule has 2 aromatic heterocycles. The van der Waals surface area contributed by atoms with E-state index < -0.39 is 11.7 Å². The second-order valence-electron chi connectivity index (χ2n) is 6.11. The number of aromatic nitrogens is 3. The number of pyridine rings is 1. The van der Waals surface area contributed by atoms with Gasteiger partial charge in [-0.05, 0) is 30.2 Å². The largest absolute Gasteiger partial charge is 0.364 e. The molecule has 3 N–H and O–H groups in total. The molecule has 3 rings (SSSR count). The van der Waals surface area contributed by atoms with Gasteiger partial charge >= 0.3 is 0 Å². The van der Waals surface area contributed by atoms with Crippen LogP contribution in [0, 0.1) is 5.82 Å². The number of likely N-dealkylation sites (tertiary alicyclic amines) is 1. The van der Waals surface area contributed by atoms with Crippen LogP contribution in [0.1, 0.15) is 12.0 Å². The summed E-state index contributed by atoms with van der Waals surface area (Å²) in [6.07, 6.45) is 8.55. The molecule has 0 unspecified atom stereocenters. The summed E-state index contributed by atoms with van der Waals surface area (Å²) in [5.74, 6) is -0.965. The van der Waals surface area contributed by atoms with Crippen LogP contribution in [-0.4, -0.2) is 56.5 Å². The van der Waals surface area contributed by atoms with E-state index in [0.29, 0.717) is 5.56 Å². The Kier molecular flexibility index (Phi) is 5.92. The van der Waals surface area contributed by atoms with Crippen LogP contribution in [0.5, 0.6) is 0 Å². The van der Waals surface area contributed by atoms with Crippen LogP contribution in [-0.2, 0) is 11.3 Å². The number of anilines is 1. The first kappa shape index (κ1) is 18.0. The molecule has 138 valence electrons. The minimum absolute atomic E-state index is 0.135. The van der Waals surface area contributed by atoms with Gasteiger partial charge in [-0.15, -0.1) is 0 Å². The van der Waals surface area contributed by atoms with Crippen molar-refractivity contribution < 1.29 is 14.4 Å². The van der Waals surface area contributed by atoms with E-state index in [4.69, 9.17) is 5.21 Å². The smallest absolute Gasteiger partial charge is 0.267 e. The Bertz CT molecular complexity index is 765. The molecule has 8 nitrogen and oxygen atoms in total. The first-order valence-corrected chi connectivity index (χ1v) is 8.38. The zero-order chi connectivity index (χ0) is 18.4. The molecule has 2 aromatic rings. The van der Waals surface area contributed by atoms with Crippen molar-refractivity contribution in [1.29, 1.82) is 0 Å². The third-order valence-electron chi connectivity index (χ3n) is 4.22. The molecule has 0 spiro atoms. The van der Waals surface area contributed by atoms with Gasteiger partial charge in [0, 0.05) is 50.3 Å². The molecular weight excluding hydrogens is 339 g/mol. The molecule has 0 saturated carbocycles. The molecule has 0 bridgehead atoms. The van der Waals surface area contributed by atoms with Gasteiger partial charge < -0.3 is 5.32 Å². The van der Waals surface area contributed by atoms with Gasteiger partial charge in [-0.25, -0.2) is 14.9 Å². The molecule has 9 heteroatoms. The highest BCUT2D eigenvalue weighted by molar-refractivity contribution is 5.90. The summed E-state index contributed by atoms with van der Waals surface area (Å²) >= 11 is 0. The summed E-state index contributed by atoms with van der Waals surface area (Å²) in [6, 6.07) is 3.33. The number of carbonyl (C=O) groups excluding carboxylic acids is 1. The van der Waals surface area contributed by atoms with Crippen LogP contribution < -0.4 is 10.8 Å². The number of rotatable bonds is 7. The molecule has 1 saturated heterocycles. The van der Waals surface area contributed by atoms with Crippen LogP contribution in [0.25, 0.3) is 6.08 Å². The highest BCUT2D eigenvalue weighted by Gasteiger charge is 2.23. The van der Waals surface area contributed by atoms with Crippen molar-refractivity contribution in [1.82, 2.24) is 25.1 Å². The van der Waals surface area contributed by atoms with Gasteiger partial charge in [-0.3, -0.25) is 19.6 Å². The maximum absolute atomic E-state index is 14.2. The SMILES string of the molecule is O=C(C=Cc1cnc(N[C@@H]2CCN(CCn3cccn3)C2)c(F)c1)NO. The minimum Gasteiger partial charge on any atom is -0.364 e. The van der Waals surface area contributed by atoms with Crippen molar-refractivity contribution >= 4 is 17.8 Å². The van der Waals surface area contributed by atoms with Gasteiger partial charge in [-0.2, -0.15) is 5.10 Å². The Morgan fingerprint density at radius 2 is 2.35 bits per heavy atom. The average Bonchev–Trinajstić information content (AvgIpc) is 3.31. The standard InChI is InChI=1S/C17H21FN6O2/c18-15-10-13(2-3-16(25)22-26)11-19-17(15)21-14-4-7-23(12-14)8-9-24-6-1-5-20-24/h1-3,5-6,10-11,14,26H,4,7-9,12H2,(H,19,21)(H,22,25)/t14-/m1/s1. The number of hydrogen-bond acceptors (Lipinski definition) is 6. The molecular formula is C17H21FN6O2. The summed E-state index contributed by atoms with van der Waals surface area (Å²) in [7, 11) is 0. The predicted octanol–water partition coefficient (Wildman–Crippen LogP) is 1.12. The van der Waals surface area contributed by atoms with Crippen LogP contribution in [0.15, 0.2) is 36.8 Å².